The summed E-state index contributed by atoms with van der Waals surface area (Å²) < 4.78 is 1.96. The summed E-state index contributed by atoms with van der Waals surface area (Å²) in [5.41, 5.74) is 0.391. The lowest BCUT2D eigenvalue weighted by Gasteiger charge is -2.36. The number of piperidine rings is 1. The molecule has 0 spiro atoms. The van der Waals surface area contributed by atoms with Gasteiger partial charge in [-0.2, -0.15) is 0 Å². The van der Waals surface area contributed by atoms with Gasteiger partial charge in [0.15, 0.2) is 0 Å². The van der Waals surface area contributed by atoms with E-state index in [0.29, 0.717) is 0 Å². The highest BCUT2D eigenvalue weighted by Crippen LogP contribution is 2.32. The summed E-state index contributed by atoms with van der Waals surface area (Å²) in [6.07, 6.45) is 1.53. The van der Waals surface area contributed by atoms with Crippen LogP contribution < -0.4 is 0 Å². The van der Waals surface area contributed by atoms with Gasteiger partial charge >= 0.3 is 0 Å². The number of benzene rings is 1. The van der Waals surface area contributed by atoms with Crippen LogP contribution in [0.25, 0.3) is 0 Å². The molecule has 1 aromatic rings. The molecule has 0 bridgehead atoms. The highest BCUT2D eigenvalue weighted by Gasteiger charge is 2.32. The third kappa shape index (κ3) is 1.95. The average Bonchev–Trinajstić information content (AvgIpc) is 2.24. The summed E-state index contributed by atoms with van der Waals surface area (Å²) in [7, 11) is 0. The summed E-state index contributed by atoms with van der Waals surface area (Å²) in [4.78, 5) is 0. The zero-order valence-electron chi connectivity index (χ0n) is 8.06. The molecule has 0 radical (unpaired) electrons. The van der Waals surface area contributed by atoms with Gasteiger partial charge in [-0.15, -0.1) is 0 Å². The molecule has 0 aromatic heterocycles. The predicted octanol–water partition coefficient (Wildman–Crippen LogP) is 1.81. The summed E-state index contributed by atoms with van der Waals surface area (Å²) in [6.45, 7) is 1.68. The molecule has 1 aliphatic rings. The molecule has 2 nitrogen and oxygen atoms in total. The maximum atomic E-state index is 10.4. The van der Waals surface area contributed by atoms with E-state index in [9.17, 15) is 5.11 Å². The van der Waals surface area contributed by atoms with Gasteiger partial charge in [-0.3, -0.25) is 4.31 Å². The fourth-order valence-corrected chi connectivity index (χ4v) is 2.10. The van der Waals surface area contributed by atoms with Crippen LogP contribution >= 0.6 is 12.8 Å². The van der Waals surface area contributed by atoms with Crippen molar-refractivity contribution in [3.63, 3.8) is 0 Å². The van der Waals surface area contributed by atoms with E-state index in [4.69, 9.17) is 0 Å². The zero-order chi connectivity index (χ0) is 10.0. The molecule has 0 unspecified atom stereocenters. The number of hydrogen-bond donors (Lipinski definition) is 2. The minimum Gasteiger partial charge on any atom is -0.385 e. The van der Waals surface area contributed by atoms with Crippen molar-refractivity contribution in [2.45, 2.75) is 18.4 Å². The van der Waals surface area contributed by atoms with Crippen molar-refractivity contribution >= 4 is 12.8 Å². The number of aliphatic hydroxyl groups is 1. The molecule has 0 atom stereocenters. The summed E-state index contributed by atoms with van der Waals surface area (Å²) in [5, 5.41) is 10.4. The van der Waals surface area contributed by atoms with Crippen molar-refractivity contribution in [1.82, 2.24) is 4.31 Å². The minimum absolute atomic E-state index is 0.638. The second-order valence-corrected chi connectivity index (χ2v) is 4.42. The maximum Gasteiger partial charge on any atom is 0.0921 e. The van der Waals surface area contributed by atoms with E-state index in [2.05, 4.69) is 12.8 Å². The highest BCUT2D eigenvalue weighted by atomic mass is 32.1. The van der Waals surface area contributed by atoms with Crippen LogP contribution in [0.4, 0.5) is 0 Å². The Labute approximate surface area is 90.1 Å². The number of rotatable bonds is 1. The smallest absolute Gasteiger partial charge is 0.0921 e. The molecule has 14 heavy (non-hydrogen) atoms. The Morgan fingerprint density at radius 3 is 2.29 bits per heavy atom. The van der Waals surface area contributed by atoms with Crippen LogP contribution in [0.1, 0.15) is 18.4 Å². The van der Waals surface area contributed by atoms with Gasteiger partial charge in [-0.25, -0.2) is 0 Å². The van der Waals surface area contributed by atoms with Gasteiger partial charge < -0.3 is 5.11 Å². The Morgan fingerprint density at radius 1 is 1.14 bits per heavy atom. The predicted molar refractivity (Wildman–Crippen MR) is 60.1 cm³/mol. The fraction of sp³-hybridized carbons (Fsp3) is 0.455. The molecule has 3 heteroatoms. The first-order valence-electron chi connectivity index (χ1n) is 4.92. The zero-order valence-corrected chi connectivity index (χ0v) is 8.95. The molecule has 76 valence electrons. The molecular weight excluding hydrogens is 194 g/mol. The topological polar surface area (TPSA) is 23.5 Å². The van der Waals surface area contributed by atoms with E-state index in [1.54, 1.807) is 0 Å². The number of nitrogens with zero attached hydrogens (tertiary/aromatic N) is 1. The first-order valence-corrected chi connectivity index (χ1v) is 5.32. The molecule has 1 fully saturated rings. The van der Waals surface area contributed by atoms with E-state index in [0.717, 1.165) is 31.5 Å². The fourth-order valence-electron chi connectivity index (χ4n) is 1.90. The Balaban J connectivity index is 2.17. The Kier molecular flexibility index (Phi) is 2.81. The normalized spacial score (nSPS) is 22.1. The lowest BCUT2D eigenvalue weighted by molar-refractivity contribution is -0.00769. The largest absolute Gasteiger partial charge is 0.385 e. The summed E-state index contributed by atoms with van der Waals surface area (Å²) >= 11 is 4.27. The quantitative estimate of drug-likeness (QED) is 0.689. The van der Waals surface area contributed by atoms with Gasteiger partial charge in [0.25, 0.3) is 0 Å². The Bertz CT molecular complexity index is 293. The van der Waals surface area contributed by atoms with Crippen LogP contribution in [0.3, 0.4) is 0 Å². The molecular formula is C11H15NOS. The number of hydrogen-bond acceptors (Lipinski definition) is 3. The molecule has 1 heterocycles. The Morgan fingerprint density at radius 2 is 1.71 bits per heavy atom. The molecule has 1 saturated heterocycles. The van der Waals surface area contributed by atoms with E-state index in [1.807, 2.05) is 34.6 Å². The molecule has 0 saturated carbocycles. The lowest BCUT2D eigenvalue weighted by Crippen LogP contribution is -2.38. The molecule has 0 aliphatic carbocycles. The second kappa shape index (κ2) is 3.93. The van der Waals surface area contributed by atoms with E-state index in [1.165, 1.54) is 0 Å². The van der Waals surface area contributed by atoms with Gasteiger partial charge in [0, 0.05) is 13.1 Å². The molecule has 0 amide bonds. The standard InChI is InChI=1S/C11H15NOS/c13-11(6-8-12(14)9-7-11)10-4-2-1-3-5-10/h1-5,13-14H,6-9H2. The van der Waals surface area contributed by atoms with Crippen molar-refractivity contribution in [2.75, 3.05) is 13.1 Å². The third-order valence-electron chi connectivity index (χ3n) is 2.88. The monoisotopic (exact) mass is 209 g/mol. The van der Waals surface area contributed by atoms with Crippen LogP contribution in [-0.4, -0.2) is 22.5 Å². The third-order valence-corrected chi connectivity index (χ3v) is 3.28. The van der Waals surface area contributed by atoms with E-state index < -0.39 is 5.60 Å². The average molecular weight is 209 g/mol. The van der Waals surface area contributed by atoms with Crippen molar-refractivity contribution in [3.8, 4) is 0 Å². The van der Waals surface area contributed by atoms with Crippen LogP contribution in [0.15, 0.2) is 30.3 Å². The molecule has 2 rings (SSSR count). The molecule has 1 aliphatic heterocycles. The first-order chi connectivity index (χ1) is 6.71. The summed E-state index contributed by atoms with van der Waals surface area (Å²) in [5.74, 6) is 0. The van der Waals surface area contributed by atoms with Gasteiger partial charge in [0.1, 0.15) is 0 Å². The van der Waals surface area contributed by atoms with Crippen molar-refractivity contribution in [2.24, 2.45) is 0 Å². The maximum absolute atomic E-state index is 10.4. The van der Waals surface area contributed by atoms with Gasteiger partial charge in [-0.1, -0.05) is 43.1 Å². The minimum atomic E-state index is -0.638. The van der Waals surface area contributed by atoms with Gasteiger partial charge in [0.05, 0.1) is 5.60 Å². The van der Waals surface area contributed by atoms with E-state index >= 15 is 0 Å². The SMILES string of the molecule is OC1(c2ccccc2)CCN(S)CC1. The van der Waals surface area contributed by atoms with Crippen LogP contribution in [0, 0.1) is 0 Å². The van der Waals surface area contributed by atoms with Gasteiger partial charge in [-0.05, 0) is 18.4 Å². The van der Waals surface area contributed by atoms with Crippen LogP contribution in [-0.2, 0) is 5.60 Å². The van der Waals surface area contributed by atoms with E-state index in [-0.39, 0.29) is 0 Å². The highest BCUT2D eigenvalue weighted by molar-refractivity contribution is 7.77. The van der Waals surface area contributed by atoms with Crippen LogP contribution in [0.5, 0.6) is 0 Å². The second-order valence-electron chi connectivity index (χ2n) is 3.85. The van der Waals surface area contributed by atoms with Crippen molar-refractivity contribution < 1.29 is 5.11 Å². The van der Waals surface area contributed by atoms with Gasteiger partial charge in [0.2, 0.25) is 0 Å². The summed E-state index contributed by atoms with van der Waals surface area (Å²) in [6, 6.07) is 9.91. The van der Waals surface area contributed by atoms with Crippen molar-refractivity contribution in [1.29, 1.82) is 0 Å². The first kappa shape index (κ1) is 10.0. The molecule has 1 aromatic carbocycles. The number of thiol groups is 1. The molecule has 1 N–H and O–H groups in total. The van der Waals surface area contributed by atoms with Crippen LogP contribution in [0.2, 0.25) is 0 Å². The lowest BCUT2D eigenvalue weighted by atomic mass is 9.85. The van der Waals surface area contributed by atoms with Crippen molar-refractivity contribution in [3.05, 3.63) is 35.9 Å². The Hall–Kier alpha value is -0.510.